The lowest BCUT2D eigenvalue weighted by Gasteiger charge is -2.30. The first-order valence-corrected chi connectivity index (χ1v) is 17.3. The molecule has 0 aliphatic heterocycles. The van der Waals surface area contributed by atoms with Crippen LogP contribution < -0.4 is 4.89 Å². The maximum absolute atomic E-state index is 12.2. The molecule has 0 aromatic carbocycles. The number of nitrogens with zero attached hydrogens (tertiary/aromatic N) is 1. The van der Waals surface area contributed by atoms with Crippen molar-refractivity contribution in [3.05, 3.63) is 0 Å². The predicted molar refractivity (Wildman–Crippen MR) is 155 cm³/mol. The molecule has 0 bridgehead atoms. The number of methoxy groups -OCH3 is 1. The van der Waals surface area contributed by atoms with E-state index in [9.17, 15) is 9.46 Å². The summed E-state index contributed by atoms with van der Waals surface area (Å²) < 4.78 is 28.4. The van der Waals surface area contributed by atoms with E-state index in [2.05, 4.69) is 6.92 Å². The first-order chi connectivity index (χ1) is 17.2. The fraction of sp³-hybridized carbons (Fsp3) is 1.00. The third-order valence-corrected chi connectivity index (χ3v) is 8.62. The summed E-state index contributed by atoms with van der Waals surface area (Å²) in [4.78, 5) is 12.2. The van der Waals surface area contributed by atoms with Crippen molar-refractivity contribution in [2.45, 2.75) is 122 Å². The molecule has 6 nitrogen and oxygen atoms in total. The molecule has 36 heavy (non-hydrogen) atoms. The fourth-order valence-electron chi connectivity index (χ4n) is 4.02. The molecular formula is C28H60NO5PS. The molecule has 0 saturated heterocycles. The van der Waals surface area contributed by atoms with Crippen molar-refractivity contribution in [2.75, 3.05) is 59.5 Å². The number of phosphoric acid groups is 1. The first-order valence-electron chi connectivity index (χ1n) is 14.7. The number of ether oxygens (including phenoxy) is 1. The van der Waals surface area contributed by atoms with Gasteiger partial charge in [0.2, 0.25) is 0 Å². The Labute approximate surface area is 228 Å². The molecule has 0 aliphatic carbocycles. The van der Waals surface area contributed by atoms with E-state index in [1.165, 1.54) is 103 Å². The second-order valence-electron chi connectivity index (χ2n) is 11.2. The van der Waals surface area contributed by atoms with Crippen molar-refractivity contribution in [3.63, 3.8) is 0 Å². The average molecular weight is 554 g/mol. The van der Waals surface area contributed by atoms with Gasteiger partial charge in [-0.05, 0) is 18.6 Å². The normalized spacial score (nSPS) is 14.7. The van der Waals surface area contributed by atoms with Gasteiger partial charge in [-0.2, -0.15) is 11.8 Å². The molecule has 2 unspecified atom stereocenters. The van der Waals surface area contributed by atoms with Crippen LogP contribution >= 0.6 is 19.6 Å². The van der Waals surface area contributed by atoms with Crippen LogP contribution in [0.5, 0.6) is 0 Å². The summed E-state index contributed by atoms with van der Waals surface area (Å²) in [5, 5.41) is 0. The summed E-state index contributed by atoms with van der Waals surface area (Å²) in [6, 6.07) is 0. The lowest BCUT2D eigenvalue weighted by Crippen LogP contribution is -2.37. The topological polar surface area (TPSA) is 67.8 Å². The fourth-order valence-corrected chi connectivity index (χ4v) is 6.11. The highest BCUT2D eigenvalue weighted by Gasteiger charge is 2.19. The summed E-state index contributed by atoms with van der Waals surface area (Å²) >= 11 is 1.77. The molecule has 0 amide bonds. The third-order valence-electron chi connectivity index (χ3n) is 6.38. The van der Waals surface area contributed by atoms with E-state index < -0.39 is 13.9 Å². The van der Waals surface area contributed by atoms with E-state index in [1.807, 2.05) is 21.1 Å². The van der Waals surface area contributed by atoms with Crippen molar-refractivity contribution in [2.24, 2.45) is 0 Å². The van der Waals surface area contributed by atoms with Crippen LogP contribution in [-0.2, 0) is 18.3 Å². The zero-order valence-electron chi connectivity index (χ0n) is 24.5. The van der Waals surface area contributed by atoms with Crippen LogP contribution in [0.2, 0.25) is 0 Å². The molecule has 218 valence electrons. The molecule has 0 spiro atoms. The Balaban J connectivity index is 3.69. The van der Waals surface area contributed by atoms with Gasteiger partial charge in [0.1, 0.15) is 13.2 Å². The van der Waals surface area contributed by atoms with Crippen molar-refractivity contribution in [1.29, 1.82) is 0 Å². The second kappa shape index (κ2) is 24.4. The highest BCUT2D eigenvalue weighted by Crippen LogP contribution is 2.41. The van der Waals surface area contributed by atoms with Gasteiger partial charge < -0.3 is 23.2 Å². The van der Waals surface area contributed by atoms with Gasteiger partial charge >= 0.3 is 0 Å². The SMILES string of the molecule is CCCCCCCCCCCCCCCCCCSCC(CCOC)OP(=O)([O-])OCC[N+](C)(C)C. The number of hydrogen-bond donors (Lipinski definition) is 0. The number of unbranched alkanes of at least 4 members (excludes halogenated alkanes) is 15. The number of likely N-dealkylation sites (N-methyl/N-ethyl adjacent to an activating group) is 1. The molecule has 0 heterocycles. The monoisotopic (exact) mass is 553 g/mol. The Morgan fingerprint density at radius 2 is 1.25 bits per heavy atom. The van der Waals surface area contributed by atoms with Gasteiger partial charge in [0.25, 0.3) is 7.82 Å². The van der Waals surface area contributed by atoms with Crippen molar-refractivity contribution in [3.8, 4) is 0 Å². The van der Waals surface area contributed by atoms with E-state index in [1.54, 1.807) is 18.9 Å². The van der Waals surface area contributed by atoms with Crippen LogP contribution in [0, 0.1) is 0 Å². The van der Waals surface area contributed by atoms with E-state index in [-0.39, 0.29) is 6.61 Å². The molecular weight excluding hydrogens is 493 g/mol. The summed E-state index contributed by atoms with van der Waals surface area (Å²) in [7, 11) is 3.31. The van der Waals surface area contributed by atoms with Crippen LogP contribution in [-0.4, -0.2) is 70.1 Å². The molecule has 0 fully saturated rings. The zero-order chi connectivity index (χ0) is 27.0. The Bertz CT molecular complexity index is 519. The van der Waals surface area contributed by atoms with Crippen LogP contribution in [0.25, 0.3) is 0 Å². The number of hydrogen-bond acceptors (Lipinski definition) is 6. The molecule has 0 aromatic rings. The maximum atomic E-state index is 12.2. The van der Waals surface area contributed by atoms with E-state index in [4.69, 9.17) is 13.8 Å². The zero-order valence-corrected chi connectivity index (χ0v) is 26.2. The van der Waals surface area contributed by atoms with Gasteiger partial charge in [-0.25, -0.2) is 0 Å². The van der Waals surface area contributed by atoms with Gasteiger partial charge in [-0.3, -0.25) is 4.57 Å². The standard InChI is InChI=1S/C28H60NO5PS/c1-6-7-8-9-10-11-12-13-14-15-16-17-18-19-20-21-26-36-27-28(22-24-32-5)34-35(30,31)33-25-23-29(2,3)4/h28H,6-27H2,1-5H3. The van der Waals surface area contributed by atoms with Gasteiger partial charge in [0, 0.05) is 19.5 Å². The number of thioether (sulfide) groups is 1. The Kier molecular flexibility index (Phi) is 24.7. The largest absolute Gasteiger partial charge is 0.756 e. The Morgan fingerprint density at radius 3 is 1.69 bits per heavy atom. The number of quaternary nitrogens is 1. The van der Waals surface area contributed by atoms with Crippen molar-refractivity contribution in [1.82, 2.24) is 0 Å². The highest BCUT2D eigenvalue weighted by molar-refractivity contribution is 7.99. The Morgan fingerprint density at radius 1 is 0.778 bits per heavy atom. The van der Waals surface area contributed by atoms with Crippen molar-refractivity contribution < 1.29 is 27.7 Å². The quantitative estimate of drug-likeness (QED) is 0.0565. The Hall–Kier alpha value is 0.380. The molecule has 0 radical (unpaired) electrons. The molecule has 2 atom stereocenters. The van der Waals surface area contributed by atoms with E-state index >= 15 is 0 Å². The molecule has 0 saturated carbocycles. The maximum Gasteiger partial charge on any atom is 0.268 e. The summed E-state index contributed by atoms with van der Waals surface area (Å²) in [6.07, 6.45) is 22.1. The first kappa shape index (κ1) is 36.4. The predicted octanol–water partition coefficient (Wildman–Crippen LogP) is 7.59. The van der Waals surface area contributed by atoms with Crippen LogP contribution in [0.1, 0.15) is 116 Å². The highest BCUT2D eigenvalue weighted by atomic mass is 32.2. The lowest BCUT2D eigenvalue weighted by atomic mass is 10.0. The van der Waals surface area contributed by atoms with Gasteiger partial charge in [-0.15, -0.1) is 0 Å². The molecule has 0 aromatic heterocycles. The number of rotatable bonds is 28. The minimum atomic E-state index is -4.30. The van der Waals surface area contributed by atoms with Gasteiger partial charge in [0.15, 0.2) is 0 Å². The smallest absolute Gasteiger partial charge is 0.268 e. The van der Waals surface area contributed by atoms with Gasteiger partial charge in [-0.1, -0.05) is 103 Å². The van der Waals surface area contributed by atoms with E-state index in [0.717, 1.165) is 5.75 Å². The average Bonchev–Trinajstić information content (AvgIpc) is 2.80. The molecule has 0 N–H and O–H groups in total. The summed E-state index contributed by atoms with van der Waals surface area (Å²) in [5.41, 5.74) is 0. The molecule has 0 aliphatic rings. The van der Waals surface area contributed by atoms with Gasteiger partial charge in [0.05, 0.1) is 27.2 Å². The van der Waals surface area contributed by atoms with Crippen LogP contribution in [0.3, 0.4) is 0 Å². The number of phosphoric ester groups is 1. The molecule has 8 heteroatoms. The van der Waals surface area contributed by atoms with Crippen molar-refractivity contribution >= 4 is 19.6 Å². The van der Waals surface area contributed by atoms with E-state index in [0.29, 0.717) is 29.8 Å². The minimum absolute atomic E-state index is 0.133. The molecule has 0 rings (SSSR count). The van der Waals surface area contributed by atoms with Crippen LogP contribution in [0.15, 0.2) is 0 Å². The third kappa shape index (κ3) is 27.4. The van der Waals surface area contributed by atoms with Crippen LogP contribution in [0.4, 0.5) is 0 Å². The lowest BCUT2D eigenvalue weighted by molar-refractivity contribution is -0.870. The summed E-state index contributed by atoms with van der Waals surface area (Å²) in [6.45, 7) is 3.49. The second-order valence-corrected chi connectivity index (χ2v) is 13.7. The summed E-state index contributed by atoms with van der Waals surface area (Å²) in [5.74, 6) is 1.68. The minimum Gasteiger partial charge on any atom is -0.756 e.